The third kappa shape index (κ3) is 8.25. The second-order valence-corrected chi connectivity index (χ2v) is 24.2. The molecule has 0 aromatic rings. The van der Waals surface area contributed by atoms with E-state index in [4.69, 9.17) is 22.8 Å². The summed E-state index contributed by atoms with van der Waals surface area (Å²) >= 11 is 0. The van der Waals surface area contributed by atoms with Crippen LogP contribution in [-0.2, 0) is 27.3 Å². The minimum absolute atomic E-state index is 0.378. The van der Waals surface area contributed by atoms with Crippen molar-refractivity contribution in [3.63, 3.8) is 0 Å². The average Bonchev–Trinajstić information content (AvgIpc) is 2.64. The molecule has 2 atom stereocenters. The summed E-state index contributed by atoms with van der Waals surface area (Å²) in [6, 6.07) is 0. The number of rotatable bonds is 12. The number of hydrogen-bond donors (Lipinski definition) is 1. The van der Waals surface area contributed by atoms with Crippen LogP contribution in [0.4, 0.5) is 0 Å². The molecule has 0 aromatic carbocycles. The van der Waals surface area contributed by atoms with E-state index in [2.05, 4.69) is 53.1 Å². The summed E-state index contributed by atoms with van der Waals surface area (Å²) in [6.45, 7) is 19.1. The normalized spacial score (nSPS) is 20.8. The third-order valence-electron chi connectivity index (χ3n) is 6.53. The Morgan fingerprint density at radius 2 is 1.45 bits per heavy atom. The lowest BCUT2D eigenvalue weighted by Gasteiger charge is -2.60. The molecule has 192 valence electrons. The van der Waals surface area contributed by atoms with Gasteiger partial charge in [-0.3, -0.25) is 0 Å². The Bertz CT molecular complexity index is 709. The summed E-state index contributed by atoms with van der Waals surface area (Å²) in [4.78, 5) is 24.0. The van der Waals surface area contributed by atoms with Crippen LogP contribution in [0.15, 0.2) is 12.2 Å². The molecule has 0 radical (unpaired) electrons. The van der Waals surface area contributed by atoms with Gasteiger partial charge in [0.2, 0.25) is 15.2 Å². The van der Waals surface area contributed by atoms with Gasteiger partial charge in [0.05, 0.1) is 0 Å². The monoisotopic (exact) mass is 534 g/mol. The average molecular weight is 535 g/mol. The minimum atomic E-state index is -2.27. The van der Waals surface area contributed by atoms with Crippen molar-refractivity contribution in [2.75, 3.05) is 0 Å². The molecule has 0 heterocycles. The van der Waals surface area contributed by atoms with Crippen LogP contribution in [0, 0.1) is 11.3 Å². The lowest BCUT2D eigenvalue weighted by atomic mass is 9.62. The van der Waals surface area contributed by atoms with Gasteiger partial charge in [0, 0.05) is 17.6 Å². The van der Waals surface area contributed by atoms with Crippen LogP contribution >= 0.6 is 0 Å². The Hall–Kier alpha value is -0.572. The van der Waals surface area contributed by atoms with Crippen LogP contribution in [0.25, 0.3) is 0 Å². The van der Waals surface area contributed by atoms with Crippen molar-refractivity contribution in [3.05, 3.63) is 12.2 Å². The molecule has 2 unspecified atom stereocenters. The van der Waals surface area contributed by atoms with Gasteiger partial charge in [0.1, 0.15) is 16.1 Å². The highest BCUT2D eigenvalue weighted by atomic mass is 28.4. The van der Waals surface area contributed by atoms with Crippen molar-refractivity contribution in [3.8, 4) is 0 Å². The topological polar surface area (TPSA) is 91.3 Å². The van der Waals surface area contributed by atoms with Gasteiger partial charge in [-0.25, -0.2) is 9.59 Å². The molecule has 0 spiro atoms. The number of ether oxygens (including phenoxy) is 1. The first kappa shape index (κ1) is 30.5. The van der Waals surface area contributed by atoms with E-state index in [9.17, 15) is 9.59 Å². The molecule has 0 aliphatic heterocycles. The van der Waals surface area contributed by atoms with Gasteiger partial charge in [-0.2, -0.15) is 0 Å². The van der Waals surface area contributed by atoms with E-state index >= 15 is 0 Å². The van der Waals surface area contributed by atoms with Gasteiger partial charge in [0.25, 0.3) is 0 Å². The SMILES string of the molecule is CC(C)(C1CCCCC1)C(C)(O[Si](C)(C)C)C(OC(=O)/C=C/C(=O)O)(O[Si](C)(C)C)[SiH2]O[SiH3]. The first-order chi connectivity index (χ1) is 14.9. The summed E-state index contributed by atoms with van der Waals surface area (Å²) in [5.41, 5.74) is -2.71. The number of carboxylic acid groups (broad SMARTS) is 1. The molecule has 1 saturated carbocycles. The molecule has 1 aliphatic carbocycles. The van der Waals surface area contributed by atoms with Crippen molar-refractivity contribution in [2.45, 2.75) is 103 Å². The van der Waals surface area contributed by atoms with Gasteiger partial charge >= 0.3 is 11.9 Å². The van der Waals surface area contributed by atoms with Gasteiger partial charge in [-0.05, 0) is 65.0 Å². The number of esters is 1. The molecule has 0 bridgehead atoms. The van der Waals surface area contributed by atoms with E-state index in [1.807, 2.05) is 6.92 Å². The molecule has 1 N–H and O–H groups in total. The van der Waals surface area contributed by atoms with Gasteiger partial charge < -0.3 is 22.8 Å². The fourth-order valence-electron chi connectivity index (χ4n) is 4.96. The fraction of sp³-hybridized carbons (Fsp3) is 0.818. The Morgan fingerprint density at radius 1 is 0.939 bits per heavy atom. The van der Waals surface area contributed by atoms with Crippen molar-refractivity contribution >= 4 is 48.8 Å². The molecule has 0 aromatic heterocycles. The van der Waals surface area contributed by atoms with Crippen LogP contribution in [-0.4, -0.2) is 64.9 Å². The second-order valence-electron chi connectivity index (χ2n) is 11.8. The maximum atomic E-state index is 12.9. The first-order valence-corrected chi connectivity index (χ1v) is 20.8. The third-order valence-corrected chi connectivity index (χ3v) is 11.3. The smallest absolute Gasteiger partial charge is 0.333 e. The number of carboxylic acids is 1. The van der Waals surface area contributed by atoms with Crippen molar-refractivity contribution in [1.82, 2.24) is 0 Å². The first-order valence-electron chi connectivity index (χ1n) is 11.9. The maximum Gasteiger partial charge on any atom is 0.333 e. The van der Waals surface area contributed by atoms with Crippen LogP contribution in [0.3, 0.4) is 0 Å². The summed E-state index contributed by atoms with van der Waals surface area (Å²) in [7, 11) is -5.51. The van der Waals surface area contributed by atoms with E-state index in [-0.39, 0.29) is 5.41 Å². The molecule has 7 nitrogen and oxygen atoms in total. The fourth-order valence-corrected chi connectivity index (χ4v) is 12.0. The van der Waals surface area contributed by atoms with E-state index in [0.717, 1.165) is 25.0 Å². The van der Waals surface area contributed by atoms with E-state index in [1.54, 1.807) is 0 Å². The van der Waals surface area contributed by atoms with Crippen molar-refractivity contribution in [2.24, 2.45) is 11.3 Å². The highest BCUT2D eigenvalue weighted by Gasteiger charge is 2.65. The largest absolute Gasteiger partial charge is 0.478 e. The van der Waals surface area contributed by atoms with Crippen LogP contribution in [0.1, 0.15) is 52.9 Å². The van der Waals surface area contributed by atoms with E-state index in [0.29, 0.717) is 16.4 Å². The predicted octanol–water partition coefficient (Wildman–Crippen LogP) is 3.27. The van der Waals surface area contributed by atoms with Crippen molar-refractivity contribution in [1.29, 1.82) is 0 Å². The number of aliphatic carboxylic acids is 1. The lowest BCUT2D eigenvalue weighted by molar-refractivity contribution is -0.260. The maximum absolute atomic E-state index is 12.9. The van der Waals surface area contributed by atoms with E-state index in [1.165, 1.54) is 19.3 Å². The van der Waals surface area contributed by atoms with Crippen molar-refractivity contribution < 1.29 is 32.4 Å². The van der Waals surface area contributed by atoms with E-state index < -0.39 is 49.3 Å². The number of carbonyl (C=O) groups is 2. The highest BCUT2D eigenvalue weighted by molar-refractivity contribution is 6.71. The molecule has 1 rings (SSSR count). The Labute approximate surface area is 207 Å². The molecule has 1 aliphatic rings. The summed E-state index contributed by atoms with van der Waals surface area (Å²) in [5.74, 6) is -1.57. The summed E-state index contributed by atoms with van der Waals surface area (Å²) in [6.07, 6.45) is 7.53. The molecule has 0 amide bonds. The molecule has 0 saturated heterocycles. The zero-order chi connectivity index (χ0) is 25.7. The summed E-state index contributed by atoms with van der Waals surface area (Å²) < 4.78 is 25.9. The molecular formula is C22H46O7Si4. The number of hydrogen-bond acceptors (Lipinski definition) is 6. The second kappa shape index (κ2) is 11.4. The quantitative estimate of drug-likeness (QED) is 0.178. The molecule has 11 heteroatoms. The van der Waals surface area contributed by atoms with Gasteiger partial charge in [0.15, 0.2) is 16.6 Å². The van der Waals surface area contributed by atoms with Crippen LogP contribution in [0.5, 0.6) is 0 Å². The van der Waals surface area contributed by atoms with Gasteiger partial charge in [-0.15, -0.1) is 0 Å². The highest BCUT2D eigenvalue weighted by Crippen LogP contribution is 2.54. The Morgan fingerprint density at radius 3 is 1.88 bits per heavy atom. The Balaban J connectivity index is 3.78. The zero-order valence-corrected chi connectivity index (χ0v) is 27.8. The zero-order valence-electron chi connectivity index (χ0n) is 22.4. The van der Waals surface area contributed by atoms with Gasteiger partial charge in [-0.1, -0.05) is 33.1 Å². The molecular weight excluding hydrogens is 489 g/mol. The standard InChI is InChI=1S/C22H46O7Si4/c1-20(2,17-13-11-10-12-14-17)21(3,27-32(4,5)6)22(31-29-30,28-33(7,8)9)26-19(25)16-15-18(23)24/h15-17H,10-14,31H2,1-9,30H3,(H,23,24)/b16-15+. The molecule has 1 fully saturated rings. The number of carbonyl (C=O) groups excluding carboxylic acids is 1. The molecule has 33 heavy (non-hydrogen) atoms. The van der Waals surface area contributed by atoms with Crippen LogP contribution in [0.2, 0.25) is 39.3 Å². The Kier molecular flexibility index (Phi) is 10.6. The summed E-state index contributed by atoms with van der Waals surface area (Å²) in [5, 5.41) is 9.01. The lowest BCUT2D eigenvalue weighted by Crippen LogP contribution is -2.73. The van der Waals surface area contributed by atoms with Crippen LogP contribution < -0.4 is 0 Å². The predicted molar refractivity (Wildman–Crippen MR) is 143 cm³/mol. The minimum Gasteiger partial charge on any atom is -0.478 e.